The summed E-state index contributed by atoms with van der Waals surface area (Å²) in [7, 11) is 1.67. The third-order valence-corrected chi connectivity index (χ3v) is 5.94. The second kappa shape index (κ2) is 8.12. The average molecular weight is 476 g/mol. The predicted molar refractivity (Wildman–Crippen MR) is 126 cm³/mol. The Balaban J connectivity index is 1.45. The average Bonchev–Trinajstić information content (AvgIpc) is 3.20. The van der Waals surface area contributed by atoms with Gasteiger partial charge in [0.2, 0.25) is 0 Å². The Bertz CT molecular complexity index is 1230. The molecule has 0 radical (unpaired) electrons. The lowest BCUT2D eigenvalue weighted by Crippen LogP contribution is -2.25. The van der Waals surface area contributed by atoms with E-state index in [1.54, 1.807) is 7.11 Å². The quantitative estimate of drug-likeness (QED) is 0.374. The van der Waals surface area contributed by atoms with E-state index in [9.17, 15) is 0 Å². The molecule has 0 saturated heterocycles. The molecule has 0 fully saturated rings. The van der Waals surface area contributed by atoms with Crippen molar-refractivity contribution in [3.05, 3.63) is 94.1 Å². The van der Waals surface area contributed by atoms with Gasteiger partial charge in [-0.25, -0.2) is 4.68 Å². The number of aryl methyl sites for hydroxylation is 1. The van der Waals surface area contributed by atoms with E-state index in [-0.39, 0.29) is 6.17 Å². The van der Waals surface area contributed by atoms with Crippen molar-refractivity contribution in [3.8, 4) is 22.8 Å². The van der Waals surface area contributed by atoms with E-state index in [0.29, 0.717) is 18.1 Å². The summed E-state index contributed by atoms with van der Waals surface area (Å²) in [6.07, 6.45) is -0.131. The highest BCUT2D eigenvalue weighted by atomic mass is 79.9. The number of aromatic nitrogens is 2. The van der Waals surface area contributed by atoms with Crippen LogP contribution in [0.5, 0.6) is 11.5 Å². The Kier molecular flexibility index (Phi) is 5.16. The molecule has 31 heavy (non-hydrogen) atoms. The minimum Gasteiger partial charge on any atom is -0.493 e. The molecule has 1 aromatic heterocycles. The van der Waals surface area contributed by atoms with Crippen LogP contribution in [0.2, 0.25) is 0 Å². The number of hydrogen-bond acceptors (Lipinski definition) is 4. The van der Waals surface area contributed by atoms with Gasteiger partial charge >= 0.3 is 0 Å². The minimum absolute atomic E-state index is 0.131. The molecule has 0 bridgehead atoms. The van der Waals surface area contributed by atoms with Crippen LogP contribution in [0, 0.1) is 6.92 Å². The summed E-state index contributed by atoms with van der Waals surface area (Å²) < 4.78 is 14.8. The highest BCUT2D eigenvalue weighted by Gasteiger charge is 2.27. The Morgan fingerprint density at radius 3 is 2.61 bits per heavy atom. The summed E-state index contributed by atoms with van der Waals surface area (Å²) in [4.78, 5) is 0. The van der Waals surface area contributed by atoms with Crippen LogP contribution in [0.4, 0.5) is 5.69 Å². The van der Waals surface area contributed by atoms with Gasteiger partial charge < -0.3 is 14.8 Å². The van der Waals surface area contributed by atoms with E-state index in [1.165, 1.54) is 0 Å². The molecule has 1 aliphatic rings. The van der Waals surface area contributed by atoms with Crippen molar-refractivity contribution in [2.75, 3.05) is 12.4 Å². The van der Waals surface area contributed by atoms with Gasteiger partial charge in [-0.15, -0.1) is 0 Å². The van der Waals surface area contributed by atoms with Crippen LogP contribution in [0.15, 0.2) is 77.3 Å². The summed E-state index contributed by atoms with van der Waals surface area (Å²) in [5.41, 5.74) is 6.48. The fourth-order valence-electron chi connectivity index (χ4n) is 3.90. The SMILES string of the molecule is COc1cc(C2Nc3ccccc3-c3cc(C)nn32)ccc1OCc1ccc(Br)cc1. The Morgan fingerprint density at radius 1 is 1.00 bits per heavy atom. The molecular formula is C25H22BrN3O2. The third kappa shape index (κ3) is 3.79. The van der Waals surface area contributed by atoms with Crippen molar-refractivity contribution in [2.45, 2.75) is 19.7 Å². The maximum Gasteiger partial charge on any atom is 0.161 e. The Morgan fingerprint density at radius 2 is 1.81 bits per heavy atom. The van der Waals surface area contributed by atoms with Crippen molar-refractivity contribution in [3.63, 3.8) is 0 Å². The number of benzene rings is 3. The van der Waals surface area contributed by atoms with Gasteiger partial charge in [0.15, 0.2) is 11.5 Å². The van der Waals surface area contributed by atoms with Gasteiger partial charge in [0.25, 0.3) is 0 Å². The molecular weight excluding hydrogens is 454 g/mol. The van der Waals surface area contributed by atoms with Crippen molar-refractivity contribution < 1.29 is 9.47 Å². The molecule has 3 aromatic carbocycles. The molecule has 0 amide bonds. The highest BCUT2D eigenvalue weighted by Crippen LogP contribution is 2.40. The molecule has 0 aliphatic carbocycles. The molecule has 6 heteroatoms. The molecule has 156 valence electrons. The first-order valence-electron chi connectivity index (χ1n) is 10.1. The lowest BCUT2D eigenvalue weighted by molar-refractivity contribution is 0.284. The van der Waals surface area contributed by atoms with Gasteiger partial charge in [0.05, 0.1) is 18.5 Å². The van der Waals surface area contributed by atoms with Crippen molar-refractivity contribution in [2.24, 2.45) is 0 Å². The highest BCUT2D eigenvalue weighted by molar-refractivity contribution is 9.10. The van der Waals surface area contributed by atoms with Gasteiger partial charge in [0, 0.05) is 21.3 Å². The van der Waals surface area contributed by atoms with Crippen LogP contribution < -0.4 is 14.8 Å². The van der Waals surface area contributed by atoms with Gasteiger partial charge in [0.1, 0.15) is 12.8 Å². The Labute approximate surface area is 189 Å². The number of fused-ring (bicyclic) bond motifs is 3. The fourth-order valence-corrected chi connectivity index (χ4v) is 4.16. The standard InChI is InChI=1S/C25H22BrN3O2/c1-16-13-22-20-5-3-4-6-21(20)27-25(29(22)28-16)18-9-12-23(24(14-18)30-2)31-15-17-7-10-19(26)11-8-17/h3-14,25,27H,15H2,1-2H3. The number of nitrogens with zero attached hydrogens (tertiary/aromatic N) is 2. The smallest absolute Gasteiger partial charge is 0.161 e. The minimum atomic E-state index is -0.131. The van der Waals surface area contributed by atoms with Crippen LogP contribution in [-0.2, 0) is 6.61 Å². The van der Waals surface area contributed by atoms with Gasteiger partial charge in [-0.05, 0) is 48.9 Å². The topological polar surface area (TPSA) is 48.3 Å². The number of ether oxygens (including phenoxy) is 2. The summed E-state index contributed by atoms with van der Waals surface area (Å²) in [5, 5.41) is 8.36. The van der Waals surface area contributed by atoms with Crippen LogP contribution >= 0.6 is 15.9 Å². The molecule has 4 aromatic rings. The first kappa shape index (κ1) is 19.7. The maximum absolute atomic E-state index is 6.04. The third-order valence-electron chi connectivity index (χ3n) is 5.41. The van der Waals surface area contributed by atoms with Gasteiger partial charge in [-0.3, -0.25) is 0 Å². The Hall–Kier alpha value is -3.25. The number of anilines is 1. The molecule has 5 rings (SSSR count). The first-order chi connectivity index (χ1) is 15.1. The zero-order chi connectivity index (χ0) is 21.4. The summed E-state index contributed by atoms with van der Waals surface area (Å²) >= 11 is 3.46. The van der Waals surface area contributed by atoms with Crippen molar-refractivity contribution >= 4 is 21.6 Å². The van der Waals surface area contributed by atoms with E-state index in [2.05, 4.69) is 45.5 Å². The predicted octanol–water partition coefficient (Wildman–Crippen LogP) is 6.18. The van der Waals surface area contributed by atoms with E-state index >= 15 is 0 Å². The molecule has 1 N–H and O–H groups in total. The lowest BCUT2D eigenvalue weighted by Gasteiger charge is -2.29. The number of halogens is 1. The van der Waals surface area contributed by atoms with E-state index in [4.69, 9.17) is 14.6 Å². The molecule has 1 unspecified atom stereocenters. The molecule has 5 nitrogen and oxygen atoms in total. The monoisotopic (exact) mass is 475 g/mol. The van der Waals surface area contributed by atoms with E-state index in [1.807, 2.05) is 60.1 Å². The van der Waals surface area contributed by atoms with Gasteiger partial charge in [-0.2, -0.15) is 5.10 Å². The lowest BCUT2D eigenvalue weighted by atomic mass is 10.0. The van der Waals surface area contributed by atoms with Crippen LogP contribution in [0.3, 0.4) is 0 Å². The normalized spacial score (nSPS) is 14.4. The molecule has 0 spiro atoms. The number of methoxy groups -OCH3 is 1. The van der Waals surface area contributed by atoms with E-state index in [0.717, 1.165) is 38.2 Å². The zero-order valence-corrected chi connectivity index (χ0v) is 18.9. The van der Waals surface area contributed by atoms with Crippen LogP contribution in [0.1, 0.15) is 23.0 Å². The van der Waals surface area contributed by atoms with Crippen LogP contribution in [-0.4, -0.2) is 16.9 Å². The summed E-state index contributed by atoms with van der Waals surface area (Å²) in [6.45, 7) is 2.49. The number of rotatable bonds is 5. The summed E-state index contributed by atoms with van der Waals surface area (Å²) in [5.74, 6) is 1.41. The maximum atomic E-state index is 6.04. The molecule has 2 heterocycles. The van der Waals surface area contributed by atoms with Crippen LogP contribution in [0.25, 0.3) is 11.3 Å². The number of hydrogen-bond donors (Lipinski definition) is 1. The number of para-hydroxylation sites is 1. The number of nitrogens with one attached hydrogen (secondary N) is 1. The van der Waals surface area contributed by atoms with Crippen molar-refractivity contribution in [1.29, 1.82) is 0 Å². The molecule has 1 aliphatic heterocycles. The van der Waals surface area contributed by atoms with Gasteiger partial charge in [-0.1, -0.05) is 52.3 Å². The molecule has 0 saturated carbocycles. The largest absolute Gasteiger partial charge is 0.493 e. The second-order valence-corrected chi connectivity index (χ2v) is 8.45. The summed E-state index contributed by atoms with van der Waals surface area (Å²) in [6, 6.07) is 24.6. The van der Waals surface area contributed by atoms with E-state index < -0.39 is 0 Å². The van der Waals surface area contributed by atoms with Crippen molar-refractivity contribution in [1.82, 2.24) is 9.78 Å². The second-order valence-electron chi connectivity index (χ2n) is 7.53. The fraction of sp³-hybridized carbons (Fsp3) is 0.160. The first-order valence-corrected chi connectivity index (χ1v) is 10.9. The zero-order valence-electron chi connectivity index (χ0n) is 17.3. The molecule has 1 atom stereocenters.